The van der Waals surface area contributed by atoms with Gasteiger partial charge in [-0.05, 0) is 25.2 Å². The molecule has 5 rings (SSSR count). The van der Waals surface area contributed by atoms with Crippen LogP contribution in [-0.4, -0.2) is 70.5 Å². The van der Waals surface area contributed by atoms with Crippen LogP contribution in [0.25, 0.3) is 0 Å². The fourth-order valence-corrected chi connectivity index (χ4v) is 4.33. The summed E-state index contributed by atoms with van der Waals surface area (Å²) in [7, 11) is 1.86. The van der Waals surface area contributed by atoms with Crippen LogP contribution in [0.5, 0.6) is 0 Å². The largest absolute Gasteiger partial charge is 0.364 e. The molecule has 8 heteroatoms. The number of carbonyl (C=O) groups is 2. The highest BCUT2D eigenvalue weighted by Crippen LogP contribution is 2.40. The van der Waals surface area contributed by atoms with E-state index in [0.717, 1.165) is 38.3 Å². The van der Waals surface area contributed by atoms with Crippen LogP contribution in [0.4, 0.5) is 10.6 Å². The molecule has 128 valence electrons. The average molecular weight is 330 g/mol. The maximum atomic E-state index is 12.4. The van der Waals surface area contributed by atoms with Crippen LogP contribution >= 0.6 is 0 Å². The Bertz CT molecular complexity index is 663. The first kappa shape index (κ1) is 15.2. The van der Waals surface area contributed by atoms with Gasteiger partial charge in [-0.1, -0.05) is 0 Å². The molecule has 4 aliphatic rings. The number of fused-ring (bicyclic) bond motifs is 3. The summed E-state index contributed by atoms with van der Waals surface area (Å²) in [6.07, 6.45) is 6.37. The summed E-state index contributed by atoms with van der Waals surface area (Å²) in [5.74, 6) is 0.758. The van der Waals surface area contributed by atoms with Crippen molar-refractivity contribution < 1.29 is 9.59 Å². The maximum Gasteiger partial charge on any atom is 0.320 e. The van der Waals surface area contributed by atoms with Crippen molar-refractivity contribution in [2.24, 2.45) is 11.7 Å². The fourth-order valence-electron chi connectivity index (χ4n) is 4.33. The van der Waals surface area contributed by atoms with Gasteiger partial charge in [-0.2, -0.15) is 0 Å². The lowest BCUT2D eigenvalue weighted by molar-refractivity contribution is 0.0994. The molecule has 2 N–H and O–H groups in total. The van der Waals surface area contributed by atoms with Gasteiger partial charge in [0.05, 0.1) is 24.5 Å². The summed E-state index contributed by atoms with van der Waals surface area (Å²) in [5.41, 5.74) is 5.41. The Hall–Kier alpha value is -2.38. The van der Waals surface area contributed by atoms with E-state index in [4.69, 9.17) is 5.73 Å². The summed E-state index contributed by atoms with van der Waals surface area (Å²) in [4.78, 5) is 38.1. The number of primary amides is 1. The van der Waals surface area contributed by atoms with Crippen molar-refractivity contribution >= 4 is 17.8 Å². The lowest BCUT2D eigenvalue weighted by Crippen LogP contribution is -2.62. The van der Waals surface area contributed by atoms with E-state index in [2.05, 4.69) is 14.9 Å². The predicted octanol–water partition coefficient (Wildman–Crippen LogP) is 0.300. The summed E-state index contributed by atoms with van der Waals surface area (Å²) >= 11 is 0. The third kappa shape index (κ3) is 2.37. The Labute approximate surface area is 140 Å². The maximum absolute atomic E-state index is 12.4. The van der Waals surface area contributed by atoms with Crippen molar-refractivity contribution in [2.75, 3.05) is 31.6 Å². The smallest absolute Gasteiger partial charge is 0.320 e. The number of hydrogen-bond donors (Lipinski definition) is 1. The van der Waals surface area contributed by atoms with Crippen LogP contribution in [0.1, 0.15) is 29.8 Å². The molecule has 3 atom stereocenters. The van der Waals surface area contributed by atoms with Gasteiger partial charge in [0.1, 0.15) is 11.5 Å². The second-order valence-corrected chi connectivity index (χ2v) is 6.99. The minimum absolute atomic E-state index is 0.127. The predicted molar refractivity (Wildman–Crippen MR) is 87.5 cm³/mol. The number of amides is 3. The monoisotopic (exact) mass is 330 g/mol. The highest BCUT2D eigenvalue weighted by Gasteiger charge is 2.46. The molecule has 1 aliphatic carbocycles. The average Bonchev–Trinajstić information content (AvgIpc) is 2.94. The molecule has 8 nitrogen and oxygen atoms in total. The molecule has 4 heterocycles. The molecule has 24 heavy (non-hydrogen) atoms. The number of likely N-dealkylation sites (N-methyl/N-ethyl adjacent to an activating group) is 1. The molecular weight excluding hydrogens is 308 g/mol. The summed E-state index contributed by atoms with van der Waals surface area (Å²) in [6.45, 7) is 2.52. The molecule has 0 radical (unpaired) electrons. The van der Waals surface area contributed by atoms with Gasteiger partial charge >= 0.3 is 6.03 Å². The van der Waals surface area contributed by atoms with E-state index in [1.54, 1.807) is 11.1 Å². The molecule has 1 saturated carbocycles. The van der Waals surface area contributed by atoms with Crippen molar-refractivity contribution in [1.82, 2.24) is 19.8 Å². The van der Waals surface area contributed by atoms with Crippen molar-refractivity contribution in [3.8, 4) is 0 Å². The van der Waals surface area contributed by atoms with Gasteiger partial charge in [-0.15, -0.1) is 0 Å². The first-order chi connectivity index (χ1) is 11.5. The molecule has 3 unspecified atom stereocenters. The van der Waals surface area contributed by atoms with Crippen LogP contribution in [0.2, 0.25) is 0 Å². The van der Waals surface area contributed by atoms with Gasteiger partial charge in [0.2, 0.25) is 0 Å². The van der Waals surface area contributed by atoms with Gasteiger partial charge in [0.25, 0.3) is 5.91 Å². The van der Waals surface area contributed by atoms with E-state index in [0.29, 0.717) is 5.92 Å². The van der Waals surface area contributed by atoms with Crippen LogP contribution in [0, 0.1) is 5.92 Å². The zero-order valence-corrected chi connectivity index (χ0v) is 13.8. The SMILES string of the molecule is CN1CCN(C2CC3CCC2N(c2cnc(C(N)=O)cn2)C3)C1=O. The third-order valence-corrected chi connectivity index (χ3v) is 5.58. The minimum atomic E-state index is -0.571. The third-order valence-electron chi connectivity index (χ3n) is 5.58. The lowest BCUT2D eigenvalue weighted by atomic mass is 9.76. The van der Waals surface area contributed by atoms with Crippen LogP contribution in [-0.2, 0) is 0 Å². The number of piperidine rings is 2. The van der Waals surface area contributed by atoms with E-state index >= 15 is 0 Å². The van der Waals surface area contributed by atoms with Crippen molar-refractivity contribution in [3.63, 3.8) is 0 Å². The number of hydrogen-bond acceptors (Lipinski definition) is 5. The Kier molecular flexibility index (Phi) is 3.54. The molecule has 2 bridgehead atoms. The van der Waals surface area contributed by atoms with Crippen molar-refractivity contribution in [1.29, 1.82) is 0 Å². The Morgan fingerprint density at radius 2 is 2.00 bits per heavy atom. The van der Waals surface area contributed by atoms with Gasteiger partial charge in [0.15, 0.2) is 0 Å². The van der Waals surface area contributed by atoms with Crippen LogP contribution < -0.4 is 10.6 Å². The molecule has 0 spiro atoms. The molecule has 3 amide bonds. The number of rotatable bonds is 3. The zero-order valence-electron chi connectivity index (χ0n) is 13.8. The topological polar surface area (TPSA) is 95.7 Å². The first-order valence-electron chi connectivity index (χ1n) is 8.45. The van der Waals surface area contributed by atoms with Gasteiger partial charge < -0.3 is 20.4 Å². The second-order valence-electron chi connectivity index (χ2n) is 6.99. The van der Waals surface area contributed by atoms with E-state index in [-0.39, 0.29) is 23.8 Å². The summed E-state index contributed by atoms with van der Waals surface area (Å²) < 4.78 is 0. The van der Waals surface area contributed by atoms with Crippen molar-refractivity contribution in [2.45, 2.75) is 31.3 Å². The quantitative estimate of drug-likeness (QED) is 0.860. The van der Waals surface area contributed by atoms with E-state index in [9.17, 15) is 9.59 Å². The zero-order chi connectivity index (χ0) is 16.8. The van der Waals surface area contributed by atoms with E-state index in [1.165, 1.54) is 12.6 Å². The van der Waals surface area contributed by atoms with Gasteiger partial charge in [-0.25, -0.2) is 14.8 Å². The normalized spacial score (nSPS) is 29.5. The first-order valence-corrected chi connectivity index (χ1v) is 8.45. The highest BCUT2D eigenvalue weighted by atomic mass is 16.2. The summed E-state index contributed by atoms with van der Waals surface area (Å²) in [6, 6.07) is 0.620. The number of anilines is 1. The number of carbonyl (C=O) groups excluding carboxylic acids is 2. The molecule has 4 fully saturated rings. The standard InChI is InChI=1S/C16H22N6O2/c1-20-4-5-21(16(20)24)13-6-10-2-3-12(13)22(9-10)14-8-18-11(7-19-14)15(17)23/h7-8,10,12-13H,2-6,9H2,1H3,(H2,17,23). The number of aromatic nitrogens is 2. The minimum Gasteiger partial charge on any atom is -0.364 e. The Morgan fingerprint density at radius 1 is 1.17 bits per heavy atom. The molecule has 3 saturated heterocycles. The molecule has 3 aliphatic heterocycles. The Balaban J connectivity index is 1.58. The van der Waals surface area contributed by atoms with E-state index < -0.39 is 5.91 Å². The Morgan fingerprint density at radius 3 is 2.58 bits per heavy atom. The van der Waals surface area contributed by atoms with Gasteiger partial charge in [0, 0.05) is 26.7 Å². The number of urea groups is 1. The summed E-state index contributed by atoms with van der Waals surface area (Å²) in [5, 5.41) is 0. The molecule has 1 aromatic heterocycles. The van der Waals surface area contributed by atoms with Crippen LogP contribution in [0.3, 0.4) is 0 Å². The molecular formula is C16H22N6O2. The fraction of sp³-hybridized carbons (Fsp3) is 0.625. The second kappa shape index (κ2) is 5.61. The lowest BCUT2D eigenvalue weighted by Gasteiger charge is -2.52. The van der Waals surface area contributed by atoms with Crippen molar-refractivity contribution in [3.05, 3.63) is 18.1 Å². The molecule has 1 aromatic rings. The van der Waals surface area contributed by atoms with E-state index in [1.807, 2.05) is 11.9 Å². The van der Waals surface area contributed by atoms with Gasteiger partial charge in [-0.3, -0.25) is 4.79 Å². The highest BCUT2D eigenvalue weighted by molar-refractivity contribution is 5.90. The number of nitrogens with two attached hydrogens (primary N) is 1. The van der Waals surface area contributed by atoms with Crippen LogP contribution in [0.15, 0.2) is 12.4 Å². The number of nitrogens with zero attached hydrogens (tertiary/aromatic N) is 5. The molecule has 0 aromatic carbocycles.